The van der Waals surface area contributed by atoms with Gasteiger partial charge in [-0.15, -0.1) is 0 Å². The molecule has 30 heavy (non-hydrogen) atoms. The maximum atomic E-state index is 13.0. The van der Waals surface area contributed by atoms with E-state index in [2.05, 4.69) is 0 Å². The minimum atomic E-state index is -0.417. The Morgan fingerprint density at radius 1 is 1.07 bits per heavy atom. The van der Waals surface area contributed by atoms with Crippen LogP contribution in [0.5, 0.6) is 11.5 Å². The summed E-state index contributed by atoms with van der Waals surface area (Å²) in [6.07, 6.45) is -0.0121. The maximum Gasteiger partial charge on any atom is 0.237 e. The number of para-hydroxylation sites is 2. The third-order valence-corrected chi connectivity index (χ3v) is 5.03. The zero-order valence-electron chi connectivity index (χ0n) is 17.3. The zero-order valence-corrected chi connectivity index (χ0v) is 17.3. The lowest BCUT2D eigenvalue weighted by Crippen LogP contribution is -2.46. The van der Waals surface area contributed by atoms with E-state index in [4.69, 9.17) is 15.2 Å². The van der Waals surface area contributed by atoms with Crippen LogP contribution in [-0.4, -0.2) is 60.5 Å². The molecule has 1 atom stereocenters. The summed E-state index contributed by atoms with van der Waals surface area (Å²) in [6.45, 7) is 4.71. The second-order valence-electron chi connectivity index (χ2n) is 7.34. The summed E-state index contributed by atoms with van der Waals surface area (Å²) in [7, 11) is 0. The van der Waals surface area contributed by atoms with Crippen molar-refractivity contribution in [2.24, 2.45) is 5.73 Å². The van der Waals surface area contributed by atoms with Crippen LogP contribution in [0.1, 0.15) is 18.9 Å². The summed E-state index contributed by atoms with van der Waals surface area (Å²) in [5.41, 5.74) is 6.32. The van der Waals surface area contributed by atoms with Gasteiger partial charge in [0, 0.05) is 26.1 Å². The van der Waals surface area contributed by atoms with Gasteiger partial charge in [-0.05, 0) is 24.2 Å². The fourth-order valence-electron chi connectivity index (χ4n) is 3.38. The van der Waals surface area contributed by atoms with Gasteiger partial charge in [0.1, 0.15) is 12.7 Å². The maximum absolute atomic E-state index is 13.0. The third-order valence-electron chi connectivity index (χ3n) is 5.03. The van der Waals surface area contributed by atoms with E-state index >= 15 is 0 Å². The molecule has 0 unspecified atom stereocenters. The molecule has 2 aromatic carbocycles. The normalized spacial score (nSPS) is 15.1. The van der Waals surface area contributed by atoms with Gasteiger partial charge in [-0.1, -0.05) is 49.4 Å². The molecule has 0 bridgehead atoms. The molecule has 0 saturated heterocycles. The first-order chi connectivity index (χ1) is 14.5. The van der Waals surface area contributed by atoms with E-state index in [1.54, 1.807) is 4.90 Å². The number of benzene rings is 2. The molecule has 0 aliphatic carbocycles. The summed E-state index contributed by atoms with van der Waals surface area (Å²) in [6, 6.07) is 17.3. The Labute approximate surface area is 177 Å². The number of hydrogen-bond donors (Lipinski definition) is 1. The molecule has 3 rings (SSSR count). The van der Waals surface area contributed by atoms with Crippen LogP contribution < -0.4 is 15.2 Å². The highest BCUT2D eigenvalue weighted by atomic mass is 16.6. The van der Waals surface area contributed by atoms with Crippen molar-refractivity contribution in [1.29, 1.82) is 0 Å². The molecule has 1 aliphatic rings. The number of primary amides is 1. The summed E-state index contributed by atoms with van der Waals surface area (Å²) in [5, 5.41) is 0. The van der Waals surface area contributed by atoms with Crippen LogP contribution >= 0.6 is 0 Å². The quantitative estimate of drug-likeness (QED) is 0.647. The van der Waals surface area contributed by atoms with Crippen molar-refractivity contribution in [1.82, 2.24) is 9.80 Å². The van der Waals surface area contributed by atoms with Gasteiger partial charge in [0.2, 0.25) is 11.8 Å². The highest BCUT2D eigenvalue weighted by Gasteiger charge is 2.25. The van der Waals surface area contributed by atoms with Gasteiger partial charge in [-0.3, -0.25) is 14.5 Å². The number of nitrogens with two attached hydrogens (primary N) is 1. The molecule has 7 heteroatoms. The van der Waals surface area contributed by atoms with Crippen molar-refractivity contribution in [3.8, 4) is 11.5 Å². The Morgan fingerprint density at radius 2 is 1.77 bits per heavy atom. The second-order valence-corrected chi connectivity index (χ2v) is 7.34. The van der Waals surface area contributed by atoms with Crippen molar-refractivity contribution in [2.75, 3.05) is 32.8 Å². The van der Waals surface area contributed by atoms with Gasteiger partial charge < -0.3 is 20.1 Å². The second kappa shape index (κ2) is 10.6. The number of ether oxygens (including phenoxy) is 2. The van der Waals surface area contributed by atoms with Crippen LogP contribution in [0.4, 0.5) is 0 Å². The number of rotatable bonds is 10. The number of hydrogen-bond acceptors (Lipinski definition) is 5. The molecular weight excluding hydrogens is 382 g/mol. The van der Waals surface area contributed by atoms with E-state index in [0.717, 1.165) is 17.1 Å². The Balaban J connectivity index is 1.60. The Hall–Kier alpha value is -3.06. The van der Waals surface area contributed by atoms with Crippen molar-refractivity contribution < 1.29 is 19.1 Å². The largest absolute Gasteiger partial charge is 0.486 e. The van der Waals surface area contributed by atoms with Crippen LogP contribution in [0.3, 0.4) is 0 Å². The topological polar surface area (TPSA) is 85.1 Å². The molecule has 1 aliphatic heterocycles. The Morgan fingerprint density at radius 3 is 2.47 bits per heavy atom. The Kier molecular flexibility index (Phi) is 7.68. The average molecular weight is 412 g/mol. The van der Waals surface area contributed by atoms with Gasteiger partial charge in [0.05, 0.1) is 6.54 Å². The van der Waals surface area contributed by atoms with Crippen LogP contribution in [0.15, 0.2) is 54.6 Å². The van der Waals surface area contributed by atoms with Crippen molar-refractivity contribution >= 4 is 11.8 Å². The minimum Gasteiger partial charge on any atom is -0.486 e. The van der Waals surface area contributed by atoms with E-state index in [0.29, 0.717) is 32.8 Å². The molecule has 2 aromatic rings. The molecule has 0 fully saturated rings. The molecular formula is C23H29N3O4. The van der Waals surface area contributed by atoms with E-state index in [-0.39, 0.29) is 25.0 Å². The van der Waals surface area contributed by atoms with Gasteiger partial charge in [-0.25, -0.2) is 0 Å². The molecule has 7 nitrogen and oxygen atoms in total. The SMILES string of the molecule is CCN(CC(=O)N(CCC(N)=O)Cc1ccccc1)C[C@@H]1COc2ccccc2O1. The first kappa shape index (κ1) is 21.6. The van der Waals surface area contributed by atoms with Gasteiger partial charge in [-0.2, -0.15) is 0 Å². The predicted octanol–water partition coefficient (Wildman–Crippen LogP) is 2.05. The van der Waals surface area contributed by atoms with Crippen LogP contribution in [0, 0.1) is 0 Å². The van der Waals surface area contributed by atoms with Gasteiger partial charge in [0.25, 0.3) is 0 Å². The first-order valence-electron chi connectivity index (χ1n) is 10.3. The summed E-state index contributed by atoms with van der Waals surface area (Å²) < 4.78 is 11.8. The summed E-state index contributed by atoms with van der Waals surface area (Å²) in [4.78, 5) is 28.0. The third kappa shape index (κ3) is 6.22. The van der Waals surface area contributed by atoms with Crippen LogP contribution in [0.2, 0.25) is 0 Å². The number of fused-ring (bicyclic) bond motifs is 1. The number of carbonyl (C=O) groups excluding carboxylic acids is 2. The van der Waals surface area contributed by atoms with Crippen LogP contribution in [0.25, 0.3) is 0 Å². The first-order valence-corrected chi connectivity index (χ1v) is 10.3. The number of nitrogens with zero attached hydrogens (tertiary/aromatic N) is 2. The molecule has 1 heterocycles. The fourth-order valence-corrected chi connectivity index (χ4v) is 3.38. The predicted molar refractivity (Wildman–Crippen MR) is 114 cm³/mol. The number of carbonyl (C=O) groups is 2. The van der Waals surface area contributed by atoms with E-state index in [1.165, 1.54) is 0 Å². The van der Waals surface area contributed by atoms with Crippen molar-refractivity contribution in [3.05, 3.63) is 60.2 Å². The van der Waals surface area contributed by atoms with E-state index < -0.39 is 5.91 Å². The smallest absolute Gasteiger partial charge is 0.237 e. The molecule has 2 amide bonds. The minimum absolute atomic E-state index is 0.0425. The van der Waals surface area contributed by atoms with E-state index in [9.17, 15) is 9.59 Å². The lowest BCUT2D eigenvalue weighted by atomic mass is 10.2. The molecule has 160 valence electrons. The molecule has 0 aromatic heterocycles. The van der Waals surface area contributed by atoms with Crippen LogP contribution in [-0.2, 0) is 16.1 Å². The highest BCUT2D eigenvalue weighted by molar-refractivity contribution is 5.79. The lowest BCUT2D eigenvalue weighted by Gasteiger charge is -2.32. The number of amides is 2. The molecule has 0 saturated carbocycles. The highest BCUT2D eigenvalue weighted by Crippen LogP contribution is 2.31. The van der Waals surface area contributed by atoms with Crippen molar-refractivity contribution in [2.45, 2.75) is 26.0 Å². The summed E-state index contributed by atoms with van der Waals surface area (Å²) >= 11 is 0. The van der Waals surface area contributed by atoms with E-state index in [1.807, 2.05) is 66.4 Å². The average Bonchev–Trinajstić information content (AvgIpc) is 2.76. The Bertz CT molecular complexity index is 843. The molecule has 0 spiro atoms. The molecule has 0 radical (unpaired) electrons. The van der Waals surface area contributed by atoms with Gasteiger partial charge >= 0.3 is 0 Å². The zero-order chi connectivity index (χ0) is 21.3. The fraction of sp³-hybridized carbons (Fsp3) is 0.391. The molecule has 2 N–H and O–H groups in total. The monoisotopic (exact) mass is 411 g/mol. The standard InChI is InChI=1S/C23H29N3O4/c1-2-25(15-19-17-29-20-10-6-7-11-21(20)30-19)16-23(28)26(13-12-22(24)27)14-18-8-4-3-5-9-18/h3-11,19H,2,12-17H2,1H3,(H2,24,27)/t19-/m1/s1. The van der Waals surface area contributed by atoms with Gasteiger partial charge in [0.15, 0.2) is 11.5 Å². The summed E-state index contributed by atoms with van der Waals surface area (Å²) in [5.74, 6) is 1.01. The number of likely N-dealkylation sites (N-methyl/N-ethyl adjacent to an activating group) is 1. The lowest BCUT2D eigenvalue weighted by molar-refractivity contribution is -0.133. The van der Waals surface area contributed by atoms with Crippen molar-refractivity contribution in [3.63, 3.8) is 0 Å².